The average molecular weight is 361 g/mol. The first-order chi connectivity index (χ1) is 11.9. The number of phenols is 1. The number of rotatable bonds is 4. The fraction of sp³-hybridized carbons (Fsp3) is 0.333. The summed E-state index contributed by atoms with van der Waals surface area (Å²) in [6.45, 7) is 1.62. The van der Waals surface area contributed by atoms with Crippen molar-refractivity contribution in [3.8, 4) is 17.2 Å². The van der Waals surface area contributed by atoms with Crippen molar-refractivity contribution in [1.82, 2.24) is 0 Å². The van der Waals surface area contributed by atoms with E-state index in [0.29, 0.717) is 5.75 Å². The molecule has 1 aliphatic rings. The van der Waals surface area contributed by atoms with Gasteiger partial charge in [-0.25, -0.2) is 0 Å². The summed E-state index contributed by atoms with van der Waals surface area (Å²) < 4.78 is 46.1. The van der Waals surface area contributed by atoms with Crippen LogP contribution in [0.3, 0.4) is 0 Å². The Morgan fingerprint density at radius 2 is 1.42 bits per heavy atom. The average Bonchev–Trinajstić information content (AvgIpc) is 2.57. The van der Waals surface area contributed by atoms with Gasteiger partial charge >= 0.3 is 25.2 Å². The minimum atomic E-state index is -4.69. The van der Waals surface area contributed by atoms with Crippen molar-refractivity contribution >= 4 is 24.5 Å². The summed E-state index contributed by atoms with van der Waals surface area (Å²) >= 11 is 0. The molecule has 0 aliphatic carbocycles. The molecule has 1 aliphatic heterocycles. The Morgan fingerprint density at radius 3 is 1.96 bits per heavy atom. The van der Waals surface area contributed by atoms with E-state index in [-0.39, 0.29) is 36.5 Å². The molecule has 26 heavy (non-hydrogen) atoms. The van der Waals surface area contributed by atoms with Gasteiger partial charge in [-0.1, -0.05) is 0 Å². The van der Waals surface area contributed by atoms with Crippen molar-refractivity contribution < 1.29 is 27.8 Å². The summed E-state index contributed by atoms with van der Waals surface area (Å²) in [5.74, 6) is 0.500. The van der Waals surface area contributed by atoms with Crippen molar-refractivity contribution in [3.63, 3.8) is 0 Å². The van der Waals surface area contributed by atoms with Gasteiger partial charge in [0.25, 0.3) is 0 Å². The zero-order chi connectivity index (χ0) is 17.9. The van der Waals surface area contributed by atoms with E-state index in [4.69, 9.17) is 4.74 Å². The molecular formula is C18H19F3LiNO3. The first kappa shape index (κ1) is 20.3. The van der Waals surface area contributed by atoms with Crippen LogP contribution in [-0.4, -0.2) is 49.5 Å². The van der Waals surface area contributed by atoms with Crippen molar-refractivity contribution in [2.45, 2.75) is 25.3 Å². The number of hydrogen-bond donors (Lipinski definition) is 1. The fourth-order valence-electron chi connectivity index (χ4n) is 2.81. The number of aromatic hydroxyl groups is 1. The van der Waals surface area contributed by atoms with Gasteiger partial charge < -0.3 is 19.5 Å². The van der Waals surface area contributed by atoms with Crippen LogP contribution in [0.2, 0.25) is 0 Å². The molecule has 0 saturated carbocycles. The number of phenolic OH excluding ortho intramolecular Hbond substituents is 1. The molecule has 3 rings (SSSR count). The molecule has 1 N–H and O–H groups in total. The Hall–Kier alpha value is -1.97. The van der Waals surface area contributed by atoms with Crippen LogP contribution in [0, 0.1) is 0 Å². The number of hydrogen-bond acceptors (Lipinski definition) is 4. The number of ether oxygens (including phenoxy) is 2. The van der Waals surface area contributed by atoms with E-state index in [1.54, 1.807) is 12.1 Å². The van der Waals surface area contributed by atoms with Gasteiger partial charge in [0.2, 0.25) is 0 Å². The van der Waals surface area contributed by atoms with Crippen LogP contribution in [0.15, 0.2) is 48.5 Å². The van der Waals surface area contributed by atoms with E-state index >= 15 is 0 Å². The summed E-state index contributed by atoms with van der Waals surface area (Å²) in [6, 6.07) is 12.5. The Bertz CT molecular complexity index is 684. The molecule has 2 aromatic carbocycles. The molecule has 2 aromatic rings. The van der Waals surface area contributed by atoms with E-state index in [2.05, 4.69) is 9.64 Å². The third kappa shape index (κ3) is 5.79. The molecule has 8 heteroatoms. The van der Waals surface area contributed by atoms with Crippen LogP contribution in [0.25, 0.3) is 0 Å². The van der Waals surface area contributed by atoms with Crippen molar-refractivity contribution in [2.75, 3.05) is 18.0 Å². The number of alkyl halides is 3. The Balaban J connectivity index is 0.00000243. The number of piperidine rings is 1. The third-order valence-corrected chi connectivity index (χ3v) is 4.02. The van der Waals surface area contributed by atoms with Gasteiger partial charge in [-0.2, -0.15) is 0 Å². The van der Waals surface area contributed by atoms with E-state index in [1.807, 2.05) is 12.1 Å². The maximum absolute atomic E-state index is 12.1. The molecule has 0 unspecified atom stereocenters. The van der Waals surface area contributed by atoms with Crippen LogP contribution < -0.4 is 14.4 Å². The summed E-state index contributed by atoms with van der Waals surface area (Å²) in [7, 11) is 0. The van der Waals surface area contributed by atoms with Gasteiger partial charge in [0.05, 0.1) is 0 Å². The van der Waals surface area contributed by atoms with Crippen LogP contribution in [0.1, 0.15) is 12.8 Å². The fourth-order valence-corrected chi connectivity index (χ4v) is 2.81. The monoisotopic (exact) mass is 361 g/mol. The van der Waals surface area contributed by atoms with Gasteiger partial charge in [0, 0.05) is 31.6 Å². The van der Waals surface area contributed by atoms with E-state index in [0.717, 1.165) is 31.6 Å². The standard InChI is InChI=1S/C18H18F3NO3.Li.H/c19-18(20,21)25-17-7-5-15(6-8-17)24-16-9-11-22(12-10-16)13-1-3-14(23)4-2-13;;/h1-8,16,23H,9-12H2;;. The Labute approximate surface area is 161 Å². The molecular weight excluding hydrogens is 342 g/mol. The molecule has 1 heterocycles. The molecule has 0 radical (unpaired) electrons. The van der Waals surface area contributed by atoms with E-state index in [9.17, 15) is 18.3 Å². The van der Waals surface area contributed by atoms with Gasteiger partial charge in [-0.3, -0.25) is 0 Å². The van der Waals surface area contributed by atoms with Gasteiger partial charge in [-0.05, 0) is 48.5 Å². The predicted octanol–water partition coefficient (Wildman–Crippen LogP) is 3.69. The molecule has 0 aromatic heterocycles. The molecule has 1 fully saturated rings. The second-order valence-electron chi connectivity index (χ2n) is 5.84. The van der Waals surface area contributed by atoms with E-state index < -0.39 is 6.36 Å². The SMILES string of the molecule is Oc1ccc(N2CCC(Oc3ccc(OC(F)(F)F)cc3)CC2)cc1.[LiH]. The summed E-state index contributed by atoms with van der Waals surface area (Å²) in [5.41, 5.74) is 1.05. The number of anilines is 1. The Morgan fingerprint density at radius 1 is 0.885 bits per heavy atom. The second kappa shape index (κ2) is 8.61. The quantitative estimate of drug-likeness (QED) is 0.844. The first-order valence-electron chi connectivity index (χ1n) is 7.95. The topological polar surface area (TPSA) is 41.9 Å². The van der Waals surface area contributed by atoms with Gasteiger partial charge in [0.15, 0.2) is 0 Å². The Kier molecular flexibility index (Phi) is 6.73. The predicted molar refractivity (Wildman–Crippen MR) is 94.2 cm³/mol. The molecule has 0 bridgehead atoms. The molecule has 0 amide bonds. The van der Waals surface area contributed by atoms with Crippen molar-refractivity contribution in [1.29, 1.82) is 0 Å². The summed E-state index contributed by atoms with van der Waals surface area (Å²) in [6.07, 6.45) is -3.06. The van der Waals surface area contributed by atoms with Gasteiger partial charge in [0.1, 0.15) is 23.4 Å². The van der Waals surface area contributed by atoms with Crippen LogP contribution in [-0.2, 0) is 0 Å². The van der Waals surface area contributed by atoms with Crippen LogP contribution in [0.4, 0.5) is 18.9 Å². The summed E-state index contributed by atoms with van der Waals surface area (Å²) in [5, 5.41) is 9.33. The minimum absolute atomic E-state index is 0. The summed E-state index contributed by atoms with van der Waals surface area (Å²) in [4.78, 5) is 2.21. The van der Waals surface area contributed by atoms with E-state index in [1.165, 1.54) is 24.3 Å². The normalized spacial score (nSPS) is 15.3. The van der Waals surface area contributed by atoms with Crippen molar-refractivity contribution in [3.05, 3.63) is 48.5 Å². The molecule has 1 saturated heterocycles. The number of nitrogens with zero attached hydrogens (tertiary/aromatic N) is 1. The number of halogens is 3. The van der Waals surface area contributed by atoms with Crippen molar-refractivity contribution in [2.24, 2.45) is 0 Å². The zero-order valence-corrected chi connectivity index (χ0v) is 13.4. The molecule has 4 nitrogen and oxygen atoms in total. The molecule has 136 valence electrons. The van der Waals surface area contributed by atoms with Gasteiger partial charge in [-0.15, -0.1) is 13.2 Å². The van der Waals surface area contributed by atoms with Crippen LogP contribution >= 0.6 is 0 Å². The molecule has 0 atom stereocenters. The molecule has 0 spiro atoms. The number of benzene rings is 2. The first-order valence-corrected chi connectivity index (χ1v) is 7.95. The third-order valence-electron chi connectivity index (χ3n) is 4.02. The second-order valence-corrected chi connectivity index (χ2v) is 5.84. The maximum atomic E-state index is 12.1. The van der Waals surface area contributed by atoms with Crippen LogP contribution in [0.5, 0.6) is 17.2 Å². The zero-order valence-electron chi connectivity index (χ0n) is 13.4.